The van der Waals surface area contributed by atoms with Crippen molar-refractivity contribution in [2.75, 3.05) is 11.4 Å². The van der Waals surface area contributed by atoms with Crippen molar-refractivity contribution in [3.63, 3.8) is 0 Å². The normalized spacial score (nSPS) is 15.2. The second kappa shape index (κ2) is 6.54. The number of H-pyrrole nitrogens is 1. The van der Waals surface area contributed by atoms with E-state index in [0.29, 0.717) is 12.1 Å². The van der Waals surface area contributed by atoms with Crippen LogP contribution in [0.15, 0.2) is 41.7 Å². The van der Waals surface area contributed by atoms with E-state index in [2.05, 4.69) is 14.7 Å². The highest BCUT2D eigenvalue weighted by Crippen LogP contribution is 2.23. The molecule has 3 rings (SSSR count). The van der Waals surface area contributed by atoms with Gasteiger partial charge in [0.25, 0.3) is 0 Å². The highest BCUT2D eigenvalue weighted by Gasteiger charge is 2.30. The van der Waals surface area contributed by atoms with E-state index in [1.54, 1.807) is 6.20 Å². The van der Waals surface area contributed by atoms with Crippen molar-refractivity contribution < 1.29 is 18.0 Å². The van der Waals surface area contributed by atoms with Crippen molar-refractivity contribution >= 4 is 27.5 Å². The van der Waals surface area contributed by atoms with Gasteiger partial charge in [0.05, 0.1) is 16.9 Å². The van der Waals surface area contributed by atoms with E-state index in [1.165, 1.54) is 30.6 Å². The maximum Gasteiger partial charge on any atom is 0.240 e. The van der Waals surface area contributed by atoms with Crippen molar-refractivity contribution in [2.45, 2.75) is 24.2 Å². The van der Waals surface area contributed by atoms with E-state index in [0.717, 1.165) is 10.6 Å². The molecule has 9 heteroatoms. The zero-order valence-corrected chi connectivity index (χ0v) is 13.5. The largest absolute Gasteiger partial charge is 0.348 e. The predicted octanol–water partition coefficient (Wildman–Crippen LogP) is 0.584. The van der Waals surface area contributed by atoms with Crippen molar-refractivity contribution in [3.05, 3.63) is 42.5 Å². The fraction of sp³-hybridized carbons (Fsp3) is 0.267. The molecule has 1 aromatic carbocycles. The summed E-state index contributed by atoms with van der Waals surface area (Å²) in [5.74, 6) is -0.540. The fourth-order valence-electron chi connectivity index (χ4n) is 2.46. The fourth-order valence-corrected chi connectivity index (χ4v) is 3.50. The average Bonchev–Trinajstić information content (AvgIpc) is 3.18. The van der Waals surface area contributed by atoms with Gasteiger partial charge in [-0.05, 0) is 24.3 Å². The first kappa shape index (κ1) is 16.3. The second-order valence-corrected chi connectivity index (χ2v) is 7.11. The molecule has 2 N–H and O–H groups in total. The van der Waals surface area contributed by atoms with Crippen LogP contribution in [-0.4, -0.2) is 36.7 Å². The molecule has 1 aromatic heterocycles. The summed E-state index contributed by atoms with van der Waals surface area (Å²) in [6.07, 6.45) is 4.03. The van der Waals surface area contributed by atoms with Gasteiger partial charge < -0.3 is 4.98 Å². The number of carbonyl (C=O) groups excluding carboxylic acids is 2. The molecule has 0 radical (unpaired) electrons. The molecule has 2 heterocycles. The Balaban J connectivity index is 1.67. The summed E-state index contributed by atoms with van der Waals surface area (Å²) in [5, 5.41) is 0. The quantitative estimate of drug-likeness (QED) is 0.742. The number of aromatic nitrogens is 2. The van der Waals surface area contributed by atoms with Gasteiger partial charge in [0, 0.05) is 37.7 Å². The Kier molecular flexibility index (Phi) is 4.45. The number of hydrogen-bond acceptors (Lipinski definition) is 5. The minimum atomic E-state index is -3.65. The van der Waals surface area contributed by atoms with E-state index in [-0.39, 0.29) is 36.1 Å². The monoisotopic (exact) mass is 348 g/mol. The van der Waals surface area contributed by atoms with Gasteiger partial charge in [-0.1, -0.05) is 0 Å². The van der Waals surface area contributed by atoms with Crippen LogP contribution in [0, 0.1) is 0 Å². The van der Waals surface area contributed by atoms with E-state index < -0.39 is 10.0 Å². The lowest BCUT2D eigenvalue weighted by Gasteiger charge is -2.14. The molecule has 1 aliphatic heterocycles. The SMILES string of the molecule is O=C1CCC(=O)N1c1ccc(S(=O)(=O)NCCc2cnc[nH]2)cc1. The Bertz CT molecular complexity index is 828. The molecular formula is C15H16N4O4S. The first-order valence-electron chi connectivity index (χ1n) is 7.40. The third-order valence-corrected chi connectivity index (χ3v) is 5.17. The molecule has 0 saturated carbocycles. The third kappa shape index (κ3) is 3.36. The standard InChI is InChI=1S/C15H16N4O4S/c20-14-5-6-15(21)19(14)12-1-3-13(4-2-12)24(22,23)18-8-7-11-9-16-10-17-11/h1-4,9-10,18H,5-8H2,(H,16,17). The molecule has 0 aliphatic carbocycles. The van der Waals surface area contributed by atoms with Gasteiger partial charge in [0.15, 0.2) is 0 Å². The maximum atomic E-state index is 12.2. The van der Waals surface area contributed by atoms with Gasteiger partial charge in [-0.15, -0.1) is 0 Å². The number of imide groups is 1. The highest BCUT2D eigenvalue weighted by atomic mass is 32.2. The summed E-state index contributed by atoms with van der Waals surface area (Å²) < 4.78 is 27.0. The van der Waals surface area contributed by atoms with Crippen LogP contribution < -0.4 is 9.62 Å². The zero-order chi connectivity index (χ0) is 17.2. The summed E-state index contributed by atoms with van der Waals surface area (Å²) in [6.45, 7) is 0.232. The minimum absolute atomic E-state index is 0.0787. The van der Waals surface area contributed by atoms with Gasteiger partial charge >= 0.3 is 0 Å². The Morgan fingerprint density at radius 1 is 1.12 bits per heavy atom. The molecule has 8 nitrogen and oxygen atoms in total. The number of imidazole rings is 1. The van der Waals surface area contributed by atoms with E-state index >= 15 is 0 Å². The lowest BCUT2D eigenvalue weighted by atomic mass is 10.3. The average molecular weight is 348 g/mol. The molecule has 0 spiro atoms. The second-order valence-electron chi connectivity index (χ2n) is 5.34. The van der Waals surface area contributed by atoms with Gasteiger partial charge in [-0.3, -0.25) is 14.5 Å². The zero-order valence-electron chi connectivity index (χ0n) is 12.7. The third-order valence-electron chi connectivity index (χ3n) is 3.70. The molecule has 1 aliphatic rings. The van der Waals surface area contributed by atoms with E-state index in [1.807, 2.05) is 0 Å². The topological polar surface area (TPSA) is 112 Å². The lowest BCUT2D eigenvalue weighted by molar-refractivity contribution is -0.121. The van der Waals surface area contributed by atoms with Crippen LogP contribution >= 0.6 is 0 Å². The number of nitrogens with one attached hydrogen (secondary N) is 2. The van der Waals surface area contributed by atoms with Crippen LogP contribution in [0.4, 0.5) is 5.69 Å². The van der Waals surface area contributed by atoms with Gasteiger partial charge in [-0.25, -0.2) is 18.1 Å². The molecule has 1 fully saturated rings. The molecular weight excluding hydrogens is 332 g/mol. The van der Waals surface area contributed by atoms with Crippen molar-refractivity contribution in [1.82, 2.24) is 14.7 Å². The first-order chi connectivity index (χ1) is 11.5. The molecule has 0 atom stereocenters. The first-order valence-corrected chi connectivity index (χ1v) is 8.88. The predicted molar refractivity (Wildman–Crippen MR) is 85.6 cm³/mol. The van der Waals surface area contributed by atoms with Crippen molar-refractivity contribution in [2.24, 2.45) is 0 Å². The minimum Gasteiger partial charge on any atom is -0.348 e. The lowest BCUT2D eigenvalue weighted by Crippen LogP contribution is -2.29. The number of anilines is 1. The molecule has 1 saturated heterocycles. The number of nitrogens with zero attached hydrogens (tertiary/aromatic N) is 2. The van der Waals surface area contributed by atoms with Crippen LogP contribution in [0.25, 0.3) is 0 Å². The maximum absolute atomic E-state index is 12.2. The van der Waals surface area contributed by atoms with E-state index in [4.69, 9.17) is 0 Å². The molecule has 24 heavy (non-hydrogen) atoms. The summed E-state index contributed by atoms with van der Waals surface area (Å²) in [7, 11) is -3.65. The number of amides is 2. The molecule has 2 aromatic rings. The highest BCUT2D eigenvalue weighted by molar-refractivity contribution is 7.89. The molecule has 2 amide bonds. The van der Waals surface area contributed by atoms with Crippen LogP contribution in [0.1, 0.15) is 18.5 Å². The van der Waals surface area contributed by atoms with Crippen LogP contribution in [0.2, 0.25) is 0 Å². The van der Waals surface area contributed by atoms with Crippen LogP contribution in [0.3, 0.4) is 0 Å². The number of carbonyl (C=O) groups is 2. The molecule has 126 valence electrons. The number of hydrogen-bond donors (Lipinski definition) is 2. The van der Waals surface area contributed by atoms with Crippen LogP contribution in [-0.2, 0) is 26.0 Å². The number of sulfonamides is 1. The summed E-state index contributed by atoms with van der Waals surface area (Å²) in [4.78, 5) is 31.3. The van der Waals surface area contributed by atoms with Crippen molar-refractivity contribution in [1.29, 1.82) is 0 Å². The summed E-state index contributed by atoms with van der Waals surface area (Å²) in [6, 6.07) is 5.69. The van der Waals surface area contributed by atoms with Gasteiger partial charge in [0.2, 0.25) is 21.8 Å². The smallest absolute Gasteiger partial charge is 0.240 e. The summed E-state index contributed by atoms with van der Waals surface area (Å²) in [5.41, 5.74) is 1.22. The molecule has 0 bridgehead atoms. The van der Waals surface area contributed by atoms with Gasteiger partial charge in [-0.2, -0.15) is 0 Å². The number of aromatic amines is 1. The Hall–Kier alpha value is -2.52. The number of rotatable bonds is 6. The van der Waals surface area contributed by atoms with Crippen molar-refractivity contribution in [3.8, 4) is 0 Å². The van der Waals surface area contributed by atoms with E-state index in [9.17, 15) is 18.0 Å². The Morgan fingerprint density at radius 3 is 2.38 bits per heavy atom. The Morgan fingerprint density at radius 2 is 1.79 bits per heavy atom. The molecule has 0 unspecified atom stereocenters. The van der Waals surface area contributed by atoms with Gasteiger partial charge in [0.1, 0.15) is 0 Å². The number of benzene rings is 1. The van der Waals surface area contributed by atoms with Crippen LogP contribution in [0.5, 0.6) is 0 Å². The Labute approximate surface area is 138 Å². The summed E-state index contributed by atoms with van der Waals surface area (Å²) >= 11 is 0.